The van der Waals surface area contributed by atoms with Crippen LogP contribution in [0.1, 0.15) is 0 Å². The number of halogens is 1. The van der Waals surface area contributed by atoms with Crippen molar-refractivity contribution < 1.29 is 0 Å². The molecule has 0 radical (unpaired) electrons. The molecule has 2 aromatic carbocycles. The highest BCUT2D eigenvalue weighted by Crippen LogP contribution is 2.29. The van der Waals surface area contributed by atoms with Gasteiger partial charge >= 0.3 is 0 Å². The van der Waals surface area contributed by atoms with Gasteiger partial charge in [-0.1, -0.05) is 48.0 Å². The Kier molecular flexibility index (Phi) is 3.61. The minimum Gasteiger partial charge on any atom is -0.376 e. The van der Waals surface area contributed by atoms with E-state index in [9.17, 15) is 0 Å². The number of thiocarbonyl (C=S) groups is 1. The van der Waals surface area contributed by atoms with Gasteiger partial charge in [-0.05, 0) is 29.9 Å². The summed E-state index contributed by atoms with van der Waals surface area (Å²) in [4.78, 5) is 0. The summed E-state index contributed by atoms with van der Waals surface area (Å²) in [5.41, 5.74) is 8.26. The molecule has 0 aliphatic carbocycles. The van der Waals surface area contributed by atoms with Crippen molar-refractivity contribution in [3.05, 3.63) is 53.6 Å². The van der Waals surface area contributed by atoms with E-state index in [0.717, 1.165) is 16.8 Å². The Bertz CT molecular complexity index is 540. The van der Waals surface area contributed by atoms with E-state index in [1.54, 1.807) is 0 Å². The van der Waals surface area contributed by atoms with E-state index < -0.39 is 0 Å². The third-order valence-corrected chi connectivity index (χ3v) is 2.74. The van der Waals surface area contributed by atoms with Crippen LogP contribution in [0.15, 0.2) is 48.5 Å². The topological polar surface area (TPSA) is 38.0 Å². The normalized spacial score (nSPS) is 9.94. The van der Waals surface area contributed by atoms with Crippen molar-refractivity contribution in [2.45, 2.75) is 0 Å². The van der Waals surface area contributed by atoms with Gasteiger partial charge in [-0.15, -0.1) is 0 Å². The highest BCUT2D eigenvalue weighted by molar-refractivity contribution is 7.80. The van der Waals surface area contributed by atoms with Crippen molar-refractivity contribution in [1.82, 2.24) is 0 Å². The van der Waals surface area contributed by atoms with Crippen LogP contribution in [0.5, 0.6) is 0 Å². The first-order valence-corrected chi connectivity index (χ1v) is 5.87. The molecule has 3 N–H and O–H groups in total. The number of hydrogen-bond donors (Lipinski definition) is 2. The Morgan fingerprint density at radius 2 is 1.82 bits per heavy atom. The average molecular weight is 263 g/mol. The Morgan fingerprint density at radius 3 is 2.41 bits per heavy atom. The number of nitrogens with two attached hydrogens (primary N) is 1. The van der Waals surface area contributed by atoms with Crippen molar-refractivity contribution in [1.29, 1.82) is 0 Å². The fraction of sp³-hybridized carbons (Fsp3) is 0. The molecule has 0 saturated heterocycles. The molecule has 4 heteroatoms. The van der Waals surface area contributed by atoms with Gasteiger partial charge in [-0.2, -0.15) is 0 Å². The highest BCUT2D eigenvalue weighted by Gasteiger charge is 2.04. The predicted molar refractivity (Wildman–Crippen MR) is 77.3 cm³/mol. The monoisotopic (exact) mass is 262 g/mol. The first-order chi connectivity index (χ1) is 8.16. The fourth-order valence-corrected chi connectivity index (χ4v) is 1.99. The molecule has 2 rings (SSSR count). The molecule has 17 heavy (non-hydrogen) atoms. The molecule has 0 heterocycles. The predicted octanol–water partition coefficient (Wildman–Crippen LogP) is 3.66. The van der Waals surface area contributed by atoms with Gasteiger partial charge < -0.3 is 11.1 Å². The van der Waals surface area contributed by atoms with Crippen LogP contribution >= 0.6 is 23.8 Å². The zero-order chi connectivity index (χ0) is 12.3. The second-order valence-electron chi connectivity index (χ2n) is 3.55. The minimum atomic E-state index is 0.230. The van der Waals surface area contributed by atoms with E-state index in [1.165, 1.54) is 0 Å². The minimum absolute atomic E-state index is 0.230. The molecule has 0 atom stereocenters. The largest absolute Gasteiger partial charge is 0.376 e. The van der Waals surface area contributed by atoms with Gasteiger partial charge in [0.1, 0.15) is 0 Å². The molecule has 0 bridgehead atoms. The van der Waals surface area contributed by atoms with E-state index in [4.69, 9.17) is 29.6 Å². The van der Waals surface area contributed by atoms with Crippen LogP contribution < -0.4 is 11.1 Å². The molecule has 0 saturated carbocycles. The number of anilines is 1. The van der Waals surface area contributed by atoms with Crippen LogP contribution in [-0.4, -0.2) is 5.11 Å². The van der Waals surface area contributed by atoms with Gasteiger partial charge in [-0.3, -0.25) is 0 Å². The Labute approximate surface area is 110 Å². The van der Waals surface area contributed by atoms with Crippen molar-refractivity contribution in [3.63, 3.8) is 0 Å². The highest BCUT2D eigenvalue weighted by atomic mass is 35.5. The van der Waals surface area contributed by atoms with Gasteiger partial charge in [0.05, 0.1) is 5.02 Å². The summed E-state index contributed by atoms with van der Waals surface area (Å²) < 4.78 is 0. The van der Waals surface area contributed by atoms with E-state index in [0.29, 0.717) is 5.02 Å². The molecular weight excluding hydrogens is 252 g/mol. The van der Waals surface area contributed by atoms with Crippen molar-refractivity contribution in [2.75, 3.05) is 5.32 Å². The first-order valence-electron chi connectivity index (χ1n) is 5.08. The molecule has 2 nitrogen and oxygen atoms in total. The Morgan fingerprint density at radius 1 is 1.12 bits per heavy atom. The maximum absolute atomic E-state index is 6.22. The van der Waals surface area contributed by atoms with E-state index in [2.05, 4.69) is 5.32 Å². The summed E-state index contributed by atoms with van der Waals surface area (Å²) >= 11 is 11.0. The summed E-state index contributed by atoms with van der Waals surface area (Å²) in [6.45, 7) is 0. The second-order valence-corrected chi connectivity index (χ2v) is 4.40. The third kappa shape index (κ3) is 2.96. The molecule has 0 amide bonds. The van der Waals surface area contributed by atoms with Crippen molar-refractivity contribution in [2.24, 2.45) is 5.73 Å². The Balaban J connectivity index is 2.35. The summed E-state index contributed by atoms with van der Waals surface area (Å²) in [5.74, 6) is 0. The molecule has 0 unspecified atom stereocenters. The first kappa shape index (κ1) is 11.9. The Hall–Kier alpha value is -1.58. The number of nitrogens with one attached hydrogen (secondary N) is 1. The van der Waals surface area contributed by atoms with Crippen molar-refractivity contribution in [3.8, 4) is 11.1 Å². The van der Waals surface area contributed by atoms with Gasteiger partial charge in [0.2, 0.25) is 0 Å². The van der Waals surface area contributed by atoms with Crippen LogP contribution in [0.4, 0.5) is 5.69 Å². The smallest absolute Gasteiger partial charge is 0.168 e. The van der Waals surface area contributed by atoms with E-state index in [-0.39, 0.29) is 5.11 Å². The summed E-state index contributed by atoms with van der Waals surface area (Å²) in [7, 11) is 0. The number of hydrogen-bond acceptors (Lipinski definition) is 1. The number of benzene rings is 2. The summed E-state index contributed by atoms with van der Waals surface area (Å²) in [5, 5.41) is 3.74. The van der Waals surface area contributed by atoms with Crippen LogP contribution in [-0.2, 0) is 0 Å². The maximum Gasteiger partial charge on any atom is 0.168 e. The number of rotatable bonds is 2. The van der Waals surface area contributed by atoms with Crippen molar-refractivity contribution >= 4 is 34.6 Å². The maximum atomic E-state index is 6.22. The van der Waals surface area contributed by atoms with Crippen LogP contribution in [0.2, 0.25) is 5.02 Å². The summed E-state index contributed by atoms with van der Waals surface area (Å²) in [6, 6.07) is 15.6. The van der Waals surface area contributed by atoms with E-state index in [1.807, 2.05) is 48.5 Å². The van der Waals surface area contributed by atoms with Gasteiger partial charge in [0, 0.05) is 11.3 Å². The second kappa shape index (κ2) is 5.17. The third-order valence-electron chi connectivity index (χ3n) is 2.32. The summed E-state index contributed by atoms with van der Waals surface area (Å²) in [6.07, 6.45) is 0. The van der Waals surface area contributed by atoms with Crippen LogP contribution in [0, 0.1) is 0 Å². The standard InChI is InChI=1S/C13H11ClN2S/c14-12-8-10(16-13(15)17)6-7-11(12)9-4-2-1-3-5-9/h1-8H,(H3,15,16,17). The molecule has 0 spiro atoms. The lowest BCUT2D eigenvalue weighted by molar-refractivity contribution is 1.58. The SMILES string of the molecule is NC(=S)Nc1ccc(-c2ccccc2)c(Cl)c1. The molecular formula is C13H11ClN2S. The molecule has 0 aromatic heterocycles. The lowest BCUT2D eigenvalue weighted by Crippen LogP contribution is -2.18. The van der Waals surface area contributed by atoms with Gasteiger partial charge in [0.25, 0.3) is 0 Å². The van der Waals surface area contributed by atoms with Crippen LogP contribution in [0.25, 0.3) is 11.1 Å². The quantitative estimate of drug-likeness (QED) is 0.811. The van der Waals surface area contributed by atoms with Gasteiger partial charge in [0.15, 0.2) is 5.11 Å². The molecule has 2 aromatic rings. The molecule has 0 aliphatic rings. The zero-order valence-corrected chi connectivity index (χ0v) is 10.6. The zero-order valence-electron chi connectivity index (χ0n) is 8.98. The fourth-order valence-electron chi connectivity index (χ4n) is 1.59. The average Bonchev–Trinajstić information content (AvgIpc) is 2.29. The lowest BCUT2D eigenvalue weighted by Gasteiger charge is -2.08. The van der Waals surface area contributed by atoms with Crippen LogP contribution in [0.3, 0.4) is 0 Å². The van der Waals surface area contributed by atoms with E-state index >= 15 is 0 Å². The molecule has 86 valence electrons. The molecule has 0 aliphatic heterocycles. The molecule has 0 fully saturated rings. The van der Waals surface area contributed by atoms with Gasteiger partial charge in [-0.25, -0.2) is 0 Å². The lowest BCUT2D eigenvalue weighted by atomic mass is 10.1.